The minimum absolute atomic E-state index is 0.500. The van der Waals surface area contributed by atoms with Crippen LogP contribution in [0.25, 0.3) is 0 Å². The number of fused-ring (bicyclic) bond motifs is 1. The Kier molecular flexibility index (Phi) is 6.44. The Hall–Kier alpha value is -0.780. The van der Waals surface area contributed by atoms with Crippen molar-refractivity contribution in [1.82, 2.24) is 0 Å². The van der Waals surface area contributed by atoms with Crippen molar-refractivity contribution in [3.8, 4) is 0 Å². The first-order chi connectivity index (χ1) is 12.8. The van der Waals surface area contributed by atoms with Crippen LogP contribution in [0.2, 0.25) is 0 Å². The first kappa shape index (κ1) is 20.9. The largest absolute Gasteiger partial charge is 0.0956 e. The predicted molar refractivity (Wildman–Crippen MR) is 120 cm³/mol. The van der Waals surface area contributed by atoms with Gasteiger partial charge in [0, 0.05) is 0 Å². The van der Waals surface area contributed by atoms with Gasteiger partial charge in [-0.1, -0.05) is 83.8 Å². The summed E-state index contributed by atoms with van der Waals surface area (Å²) in [4.78, 5) is 0. The zero-order valence-electron chi connectivity index (χ0n) is 18.9. The molecule has 0 heterocycles. The molecule has 0 aromatic rings. The third kappa shape index (κ3) is 3.88. The van der Waals surface area contributed by atoms with Crippen LogP contribution < -0.4 is 0 Å². The minimum Gasteiger partial charge on any atom is -0.0956 e. The van der Waals surface area contributed by atoms with E-state index in [4.69, 9.17) is 0 Å². The van der Waals surface area contributed by atoms with Gasteiger partial charge in [-0.25, -0.2) is 0 Å². The summed E-state index contributed by atoms with van der Waals surface area (Å²) in [6.45, 7) is 16.9. The standard InChI is InChI=1S/C27H44/c1-7-8-10-22(4)26(5)18-16-25-23(11-9-17-27(25,26)6)14-15-24-19-20(2)12-13-21(24)3/h14-15,20,22,25H,3,7-13,16-19H2,1-2,4-6H3. The van der Waals surface area contributed by atoms with Crippen LogP contribution in [0.5, 0.6) is 0 Å². The van der Waals surface area contributed by atoms with E-state index in [9.17, 15) is 0 Å². The van der Waals surface area contributed by atoms with Crippen LogP contribution in [0, 0.1) is 28.6 Å². The van der Waals surface area contributed by atoms with E-state index >= 15 is 0 Å². The highest BCUT2D eigenvalue weighted by molar-refractivity contribution is 5.36. The highest BCUT2D eigenvalue weighted by atomic mass is 14.6. The Morgan fingerprint density at radius 3 is 2.67 bits per heavy atom. The van der Waals surface area contributed by atoms with Crippen LogP contribution in [0.3, 0.4) is 0 Å². The van der Waals surface area contributed by atoms with Crippen LogP contribution in [-0.2, 0) is 0 Å². The molecule has 3 saturated carbocycles. The molecule has 0 bridgehead atoms. The summed E-state index contributed by atoms with van der Waals surface area (Å²) in [7, 11) is 0. The van der Waals surface area contributed by atoms with E-state index in [1.165, 1.54) is 81.8 Å². The molecule has 3 rings (SSSR count). The third-order valence-electron chi connectivity index (χ3n) is 9.17. The van der Waals surface area contributed by atoms with E-state index in [1.54, 1.807) is 5.57 Å². The lowest BCUT2D eigenvalue weighted by atomic mass is 9.53. The molecule has 0 saturated heterocycles. The van der Waals surface area contributed by atoms with Crippen LogP contribution in [0.4, 0.5) is 0 Å². The number of allylic oxidation sites excluding steroid dienone is 5. The molecule has 3 aliphatic rings. The minimum atomic E-state index is 0.500. The first-order valence-corrected chi connectivity index (χ1v) is 11.9. The van der Waals surface area contributed by atoms with Gasteiger partial charge in [-0.3, -0.25) is 0 Å². The third-order valence-corrected chi connectivity index (χ3v) is 9.17. The van der Waals surface area contributed by atoms with Gasteiger partial charge < -0.3 is 0 Å². The molecule has 0 N–H and O–H groups in total. The van der Waals surface area contributed by atoms with Crippen LogP contribution in [-0.4, -0.2) is 0 Å². The summed E-state index contributed by atoms with van der Waals surface area (Å²) >= 11 is 0. The second kappa shape index (κ2) is 8.30. The van der Waals surface area contributed by atoms with E-state index in [-0.39, 0.29) is 0 Å². The van der Waals surface area contributed by atoms with Crippen molar-refractivity contribution >= 4 is 0 Å². The normalized spacial score (nSPS) is 41.1. The summed E-state index contributed by atoms with van der Waals surface area (Å²) in [6.07, 6.45) is 19.9. The van der Waals surface area contributed by atoms with Crippen molar-refractivity contribution in [2.24, 2.45) is 28.6 Å². The summed E-state index contributed by atoms with van der Waals surface area (Å²) in [5.74, 6) is 2.49. The first-order valence-electron chi connectivity index (χ1n) is 11.9. The quantitative estimate of drug-likeness (QED) is 0.455. The van der Waals surface area contributed by atoms with E-state index in [0.29, 0.717) is 10.8 Å². The van der Waals surface area contributed by atoms with Crippen molar-refractivity contribution in [1.29, 1.82) is 0 Å². The molecular formula is C27H44. The topological polar surface area (TPSA) is 0 Å². The fraction of sp³-hybridized carbons (Fsp3) is 0.778. The Labute approximate surface area is 169 Å². The maximum absolute atomic E-state index is 4.35. The smallest absolute Gasteiger partial charge is 0.0141 e. The Balaban J connectivity index is 1.82. The maximum atomic E-state index is 4.35. The average Bonchev–Trinajstić information content (AvgIpc) is 2.93. The lowest BCUT2D eigenvalue weighted by Crippen LogP contribution is -2.43. The molecule has 3 fully saturated rings. The average molecular weight is 369 g/mol. The zero-order valence-corrected chi connectivity index (χ0v) is 18.9. The molecule has 0 radical (unpaired) electrons. The summed E-state index contributed by atoms with van der Waals surface area (Å²) in [5.41, 5.74) is 5.70. The lowest BCUT2D eigenvalue weighted by Gasteiger charge is -2.51. The Morgan fingerprint density at radius 2 is 1.93 bits per heavy atom. The van der Waals surface area contributed by atoms with Gasteiger partial charge in [-0.15, -0.1) is 0 Å². The van der Waals surface area contributed by atoms with Crippen molar-refractivity contribution in [3.05, 3.63) is 35.5 Å². The maximum Gasteiger partial charge on any atom is -0.0141 e. The SMILES string of the molecule is C=C1CCC(C)CC1=CC=C1CCCC2(C)C1CCC2(C)C(C)CCCC. The summed E-state index contributed by atoms with van der Waals surface area (Å²) < 4.78 is 0. The van der Waals surface area contributed by atoms with E-state index in [1.807, 2.05) is 0 Å². The molecule has 152 valence electrons. The van der Waals surface area contributed by atoms with Gasteiger partial charge in [0.05, 0.1) is 0 Å². The monoisotopic (exact) mass is 368 g/mol. The Bertz CT molecular complexity index is 606. The van der Waals surface area contributed by atoms with Gasteiger partial charge >= 0.3 is 0 Å². The molecular weight excluding hydrogens is 324 g/mol. The molecule has 0 aromatic carbocycles. The summed E-state index contributed by atoms with van der Waals surface area (Å²) in [6, 6.07) is 0. The van der Waals surface area contributed by atoms with Gasteiger partial charge in [0.15, 0.2) is 0 Å². The Morgan fingerprint density at radius 1 is 1.15 bits per heavy atom. The van der Waals surface area contributed by atoms with Gasteiger partial charge in [0.1, 0.15) is 0 Å². The molecule has 0 heteroatoms. The van der Waals surface area contributed by atoms with Gasteiger partial charge in [0.25, 0.3) is 0 Å². The fourth-order valence-corrected chi connectivity index (χ4v) is 6.77. The number of hydrogen-bond donors (Lipinski definition) is 0. The molecule has 0 amide bonds. The predicted octanol–water partition coefficient (Wildman–Crippen LogP) is 8.65. The van der Waals surface area contributed by atoms with Crippen LogP contribution >= 0.6 is 0 Å². The molecule has 0 aromatic heterocycles. The second-order valence-corrected chi connectivity index (χ2v) is 10.7. The lowest BCUT2D eigenvalue weighted by molar-refractivity contribution is 0.00216. The van der Waals surface area contributed by atoms with E-state index < -0.39 is 0 Å². The van der Waals surface area contributed by atoms with Gasteiger partial charge in [-0.05, 0) is 85.5 Å². The molecule has 0 spiro atoms. The van der Waals surface area contributed by atoms with E-state index in [2.05, 4.69) is 53.3 Å². The van der Waals surface area contributed by atoms with E-state index in [0.717, 1.165) is 17.8 Å². The number of hydrogen-bond acceptors (Lipinski definition) is 0. The van der Waals surface area contributed by atoms with Crippen LogP contribution in [0.15, 0.2) is 35.5 Å². The second-order valence-electron chi connectivity index (χ2n) is 10.7. The molecule has 0 nitrogen and oxygen atoms in total. The van der Waals surface area contributed by atoms with Gasteiger partial charge in [-0.2, -0.15) is 0 Å². The summed E-state index contributed by atoms with van der Waals surface area (Å²) in [5, 5.41) is 0. The molecule has 5 unspecified atom stereocenters. The fourth-order valence-electron chi connectivity index (χ4n) is 6.77. The van der Waals surface area contributed by atoms with Crippen molar-refractivity contribution in [3.63, 3.8) is 0 Å². The highest BCUT2D eigenvalue weighted by Gasteiger charge is 2.57. The van der Waals surface area contributed by atoms with Crippen molar-refractivity contribution in [2.45, 2.75) is 105 Å². The molecule has 27 heavy (non-hydrogen) atoms. The molecule has 5 atom stereocenters. The molecule has 3 aliphatic carbocycles. The number of unbranched alkanes of at least 4 members (excludes halogenated alkanes) is 1. The van der Waals surface area contributed by atoms with Crippen LogP contribution in [0.1, 0.15) is 105 Å². The number of rotatable bonds is 5. The van der Waals surface area contributed by atoms with Gasteiger partial charge in [0.2, 0.25) is 0 Å². The zero-order chi connectivity index (χ0) is 19.7. The highest BCUT2D eigenvalue weighted by Crippen LogP contribution is 2.66. The van der Waals surface area contributed by atoms with Crippen molar-refractivity contribution < 1.29 is 0 Å². The van der Waals surface area contributed by atoms with Crippen molar-refractivity contribution in [2.75, 3.05) is 0 Å². The molecule has 0 aliphatic heterocycles.